The summed E-state index contributed by atoms with van der Waals surface area (Å²) in [5.74, 6) is 0.920. The number of halogens is 1. The lowest BCUT2D eigenvalue weighted by Gasteiger charge is -2.24. The topological polar surface area (TPSA) is 78.9 Å². The molecule has 10 heteroatoms. The fourth-order valence-corrected chi connectivity index (χ4v) is 5.21. The lowest BCUT2D eigenvalue weighted by Crippen LogP contribution is -2.30. The molecule has 0 saturated carbocycles. The maximum atomic E-state index is 11.5. The van der Waals surface area contributed by atoms with Gasteiger partial charge in [0.05, 0.1) is 38.5 Å². The Kier molecular flexibility index (Phi) is 8.22. The molecule has 2 heterocycles. The van der Waals surface area contributed by atoms with Crippen LogP contribution in [0, 0.1) is 0 Å². The van der Waals surface area contributed by atoms with Gasteiger partial charge >= 0.3 is 5.97 Å². The number of thiocarbonyl (C=S) groups is 1. The van der Waals surface area contributed by atoms with E-state index in [-0.39, 0.29) is 12.4 Å². The van der Waals surface area contributed by atoms with Gasteiger partial charge in [0.2, 0.25) is 0 Å². The number of ether oxygens (including phenoxy) is 4. The van der Waals surface area contributed by atoms with E-state index in [9.17, 15) is 4.79 Å². The summed E-state index contributed by atoms with van der Waals surface area (Å²) in [5.41, 5.74) is 3.29. The number of para-hydroxylation sites is 1. The highest BCUT2D eigenvalue weighted by atomic mass is 35.5. The van der Waals surface area contributed by atoms with Crippen molar-refractivity contribution in [1.82, 2.24) is 4.98 Å². The molecule has 0 saturated heterocycles. The minimum atomic E-state index is -0.523. The Bertz CT molecular complexity index is 1230. The van der Waals surface area contributed by atoms with E-state index >= 15 is 0 Å². The lowest BCUT2D eigenvalue weighted by molar-refractivity contribution is -0.140. The van der Waals surface area contributed by atoms with Crippen molar-refractivity contribution in [2.24, 2.45) is 0 Å². The molecule has 4 rings (SSSR count). The molecule has 0 radical (unpaired) electrons. The molecule has 0 spiro atoms. The average molecular weight is 533 g/mol. The highest BCUT2D eigenvalue weighted by molar-refractivity contribution is 7.80. The number of thiazole rings is 1. The van der Waals surface area contributed by atoms with Gasteiger partial charge in [-0.2, -0.15) is 0 Å². The molecule has 7 nitrogen and oxygen atoms in total. The van der Waals surface area contributed by atoms with Gasteiger partial charge < -0.3 is 24.3 Å². The molecule has 1 aliphatic rings. The fraction of sp³-hybridized carbons (Fsp3) is 0.320. The second kappa shape index (κ2) is 11.3. The quantitative estimate of drug-likeness (QED) is 0.305. The van der Waals surface area contributed by atoms with Crippen molar-refractivity contribution in [2.75, 3.05) is 26.6 Å². The third-order valence-corrected chi connectivity index (χ3v) is 7.15. The highest BCUT2D eigenvalue weighted by Gasteiger charge is 2.33. The number of esters is 1. The van der Waals surface area contributed by atoms with Gasteiger partial charge in [-0.3, -0.25) is 4.79 Å². The van der Waals surface area contributed by atoms with E-state index in [1.54, 1.807) is 14.2 Å². The van der Waals surface area contributed by atoms with Crippen LogP contribution in [0.25, 0.3) is 0 Å². The van der Waals surface area contributed by atoms with Crippen molar-refractivity contribution in [3.05, 3.63) is 68.6 Å². The van der Waals surface area contributed by atoms with Gasteiger partial charge in [-0.25, -0.2) is 4.98 Å². The van der Waals surface area contributed by atoms with Gasteiger partial charge in [-0.05, 0) is 24.3 Å². The molecule has 1 aromatic heterocycles. The first-order chi connectivity index (χ1) is 16.9. The van der Waals surface area contributed by atoms with E-state index in [4.69, 9.17) is 42.8 Å². The summed E-state index contributed by atoms with van der Waals surface area (Å²) in [5, 5.41) is 6.72. The maximum absolute atomic E-state index is 11.5. The number of anilines is 1. The van der Waals surface area contributed by atoms with Crippen LogP contribution >= 0.6 is 35.2 Å². The van der Waals surface area contributed by atoms with E-state index in [1.807, 2.05) is 41.8 Å². The first-order valence-electron chi connectivity index (χ1n) is 10.9. The Morgan fingerprint density at radius 3 is 2.77 bits per heavy atom. The van der Waals surface area contributed by atoms with Crippen LogP contribution in [0.5, 0.6) is 11.5 Å². The number of methoxy groups -OCH3 is 3. The molecule has 1 aliphatic heterocycles. The summed E-state index contributed by atoms with van der Waals surface area (Å²) in [4.78, 5) is 16.7. The molecule has 2 aromatic carbocycles. The standard InChI is InChI=1S/C25H25ClN2O5S2/c1-30-19-6-4-5-16(24(19)32-3)23-17-11-14(26)7-9-18(17)28-25(34)20(33-23)12-21-27-15(13-35-21)8-10-22(29)31-2/h4-7,9,11,13,20,23H,8,10,12H2,1-3H3,(H,28,34)/t20-,23-/m1/s1. The van der Waals surface area contributed by atoms with Gasteiger partial charge in [0.1, 0.15) is 17.2 Å². The maximum Gasteiger partial charge on any atom is 0.305 e. The number of hydrogen-bond acceptors (Lipinski definition) is 8. The Hall–Kier alpha value is -2.72. The summed E-state index contributed by atoms with van der Waals surface area (Å²) < 4.78 is 22.6. The molecule has 35 heavy (non-hydrogen) atoms. The minimum absolute atomic E-state index is 0.261. The van der Waals surface area contributed by atoms with Crippen LogP contribution in [0.1, 0.15) is 34.4 Å². The van der Waals surface area contributed by atoms with Gasteiger partial charge in [0.25, 0.3) is 0 Å². The van der Waals surface area contributed by atoms with Crippen molar-refractivity contribution in [3.8, 4) is 11.5 Å². The monoisotopic (exact) mass is 532 g/mol. The van der Waals surface area contributed by atoms with Crippen LogP contribution in [0.3, 0.4) is 0 Å². The number of aromatic nitrogens is 1. The number of rotatable bonds is 8. The molecule has 0 unspecified atom stereocenters. The molecule has 0 fully saturated rings. The third kappa shape index (κ3) is 5.75. The number of hydrogen-bond donors (Lipinski definition) is 1. The Morgan fingerprint density at radius 2 is 2.03 bits per heavy atom. The van der Waals surface area contributed by atoms with Crippen LogP contribution in [0.2, 0.25) is 5.02 Å². The van der Waals surface area contributed by atoms with Gasteiger partial charge in [0, 0.05) is 40.1 Å². The smallest absolute Gasteiger partial charge is 0.305 e. The van der Waals surface area contributed by atoms with E-state index in [0.29, 0.717) is 34.4 Å². The summed E-state index contributed by atoms with van der Waals surface area (Å²) in [6.45, 7) is 0. The number of nitrogens with one attached hydrogen (secondary N) is 1. The molecular formula is C25H25ClN2O5S2. The van der Waals surface area contributed by atoms with Crippen molar-refractivity contribution in [2.45, 2.75) is 31.5 Å². The molecule has 0 bridgehead atoms. The second-order valence-electron chi connectivity index (χ2n) is 7.82. The Balaban J connectivity index is 1.67. The molecule has 0 amide bonds. The first-order valence-corrected chi connectivity index (χ1v) is 12.6. The molecule has 0 aliphatic carbocycles. The van der Waals surface area contributed by atoms with Gasteiger partial charge in [0.15, 0.2) is 11.5 Å². The first kappa shape index (κ1) is 25.4. The van der Waals surface area contributed by atoms with Crippen LogP contribution in [-0.4, -0.2) is 43.4 Å². The molecule has 3 aromatic rings. The van der Waals surface area contributed by atoms with Crippen molar-refractivity contribution in [1.29, 1.82) is 0 Å². The number of benzene rings is 2. The predicted octanol–water partition coefficient (Wildman–Crippen LogP) is 5.39. The number of fused-ring (bicyclic) bond motifs is 1. The fourth-order valence-electron chi connectivity index (χ4n) is 3.93. The van der Waals surface area contributed by atoms with E-state index in [1.165, 1.54) is 18.4 Å². The number of nitrogens with zero attached hydrogens (tertiary/aromatic N) is 1. The number of carbonyl (C=O) groups excluding carboxylic acids is 1. The normalized spacial score (nSPS) is 17.2. The van der Waals surface area contributed by atoms with Crippen LogP contribution in [0.15, 0.2) is 41.8 Å². The minimum Gasteiger partial charge on any atom is -0.493 e. The van der Waals surface area contributed by atoms with Gasteiger partial charge in [-0.15, -0.1) is 11.3 Å². The predicted molar refractivity (Wildman–Crippen MR) is 140 cm³/mol. The Morgan fingerprint density at radius 1 is 1.20 bits per heavy atom. The molecule has 184 valence electrons. The molecular weight excluding hydrogens is 508 g/mol. The van der Waals surface area contributed by atoms with Gasteiger partial charge in [-0.1, -0.05) is 36.0 Å². The zero-order chi connectivity index (χ0) is 24.9. The second-order valence-corrected chi connectivity index (χ2v) is 9.64. The molecule has 2 atom stereocenters. The highest BCUT2D eigenvalue weighted by Crippen LogP contribution is 2.44. The average Bonchev–Trinajstić information content (AvgIpc) is 3.27. The summed E-state index contributed by atoms with van der Waals surface area (Å²) >= 11 is 13.6. The van der Waals surface area contributed by atoms with Crippen molar-refractivity contribution in [3.63, 3.8) is 0 Å². The van der Waals surface area contributed by atoms with Crippen LogP contribution in [0.4, 0.5) is 5.69 Å². The Labute approximate surface area is 218 Å². The largest absolute Gasteiger partial charge is 0.493 e. The summed E-state index contributed by atoms with van der Waals surface area (Å²) in [6.07, 6.45) is 0.291. The van der Waals surface area contributed by atoms with Crippen LogP contribution < -0.4 is 14.8 Å². The number of carbonyl (C=O) groups is 1. The van der Waals surface area contributed by atoms with E-state index in [2.05, 4.69) is 10.3 Å². The zero-order valence-electron chi connectivity index (χ0n) is 19.5. The van der Waals surface area contributed by atoms with Crippen LogP contribution in [-0.2, 0) is 27.1 Å². The van der Waals surface area contributed by atoms with Crippen molar-refractivity contribution >= 4 is 51.8 Å². The van der Waals surface area contributed by atoms with E-state index in [0.717, 1.165) is 27.5 Å². The summed E-state index contributed by atoms with van der Waals surface area (Å²) in [6, 6.07) is 11.2. The third-order valence-electron chi connectivity index (χ3n) is 5.63. The van der Waals surface area contributed by atoms with Crippen molar-refractivity contribution < 1.29 is 23.7 Å². The molecule has 1 N–H and O–H groups in total. The summed E-state index contributed by atoms with van der Waals surface area (Å²) in [7, 11) is 4.58. The zero-order valence-corrected chi connectivity index (χ0v) is 21.9. The lowest BCUT2D eigenvalue weighted by atomic mass is 9.98. The number of aryl methyl sites for hydroxylation is 1. The SMILES string of the molecule is COC(=O)CCc1csc(C[C@H]2O[C@H](c3cccc(OC)c3OC)c3cc(Cl)ccc3NC2=S)n1. The van der Waals surface area contributed by atoms with E-state index < -0.39 is 12.2 Å².